The van der Waals surface area contributed by atoms with Gasteiger partial charge < -0.3 is 10.0 Å². The van der Waals surface area contributed by atoms with Crippen molar-refractivity contribution in [2.75, 3.05) is 19.4 Å². The first-order valence-corrected chi connectivity index (χ1v) is 7.41. The zero-order chi connectivity index (χ0) is 13.0. The Hall–Kier alpha value is -1.07. The van der Waals surface area contributed by atoms with Crippen LogP contribution in [-0.2, 0) is 0 Å². The number of aliphatic hydroxyl groups is 1. The highest BCUT2D eigenvalue weighted by molar-refractivity contribution is 7.98. The van der Waals surface area contributed by atoms with Gasteiger partial charge in [0, 0.05) is 12.7 Å². The normalized spacial score (nSPS) is 19.9. The van der Waals surface area contributed by atoms with Crippen LogP contribution >= 0.6 is 11.8 Å². The minimum Gasteiger partial charge on any atom is -0.394 e. The smallest absolute Gasteiger partial charge is 0.256 e. The summed E-state index contributed by atoms with van der Waals surface area (Å²) in [6.07, 6.45) is 6.59. The lowest BCUT2D eigenvalue weighted by Crippen LogP contribution is -2.45. The molecule has 4 nitrogen and oxygen atoms in total. The van der Waals surface area contributed by atoms with E-state index in [2.05, 4.69) is 4.98 Å². The van der Waals surface area contributed by atoms with Crippen molar-refractivity contribution in [3.8, 4) is 0 Å². The van der Waals surface area contributed by atoms with Crippen LogP contribution < -0.4 is 0 Å². The Morgan fingerprint density at radius 3 is 3.17 bits per heavy atom. The van der Waals surface area contributed by atoms with E-state index >= 15 is 0 Å². The number of thioether (sulfide) groups is 1. The maximum absolute atomic E-state index is 12.5. The zero-order valence-electron chi connectivity index (χ0n) is 10.5. The van der Waals surface area contributed by atoms with Crippen LogP contribution in [0.4, 0.5) is 0 Å². The van der Waals surface area contributed by atoms with Gasteiger partial charge in [0.15, 0.2) is 0 Å². The number of piperidine rings is 1. The van der Waals surface area contributed by atoms with E-state index in [0.717, 1.165) is 30.8 Å². The van der Waals surface area contributed by atoms with Gasteiger partial charge in [0.05, 0.1) is 18.2 Å². The van der Waals surface area contributed by atoms with Crippen LogP contribution in [0.1, 0.15) is 29.6 Å². The second kappa shape index (κ2) is 6.20. The highest BCUT2D eigenvalue weighted by Crippen LogP contribution is 2.23. The number of hydrogen-bond donors (Lipinski definition) is 1. The molecular weight excluding hydrogens is 248 g/mol. The summed E-state index contributed by atoms with van der Waals surface area (Å²) in [5, 5.41) is 10.1. The largest absolute Gasteiger partial charge is 0.394 e. The maximum atomic E-state index is 12.5. The number of pyridine rings is 1. The molecule has 2 heterocycles. The second-order valence-corrected chi connectivity index (χ2v) is 5.19. The number of nitrogens with zero attached hydrogens (tertiary/aromatic N) is 2. The van der Waals surface area contributed by atoms with Crippen molar-refractivity contribution in [2.45, 2.75) is 30.3 Å². The summed E-state index contributed by atoms with van der Waals surface area (Å²) >= 11 is 1.48. The van der Waals surface area contributed by atoms with Crippen molar-refractivity contribution in [1.82, 2.24) is 9.88 Å². The molecule has 0 bridgehead atoms. The van der Waals surface area contributed by atoms with Crippen molar-refractivity contribution >= 4 is 17.7 Å². The number of likely N-dealkylation sites (tertiary alicyclic amines) is 1. The van der Waals surface area contributed by atoms with Crippen LogP contribution in [0, 0.1) is 0 Å². The van der Waals surface area contributed by atoms with E-state index in [4.69, 9.17) is 0 Å². The molecule has 1 aliphatic heterocycles. The number of carbonyl (C=O) groups excluding carboxylic acids is 1. The quantitative estimate of drug-likeness (QED) is 0.848. The van der Waals surface area contributed by atoms with E-state index in [1.807, 2.05) is 12.3 Å². The average molecular weight is 266 g/mol. The van der Waals surface area contributed by atoms with E-state index < -0.39 is 0 Å². The van der Waals surface area contributed by atoms with Crippen molar-refractivity contribution in [1.29, 1.82) is 0 Å². The molecule has 1 aromatic heterocycles. The van der Waals surface area contributed by atoms with E-state index in [0.29, 0.717) is 5.56 Å². The number of amides is 1. The van der Waals surface area contributed by atoms with Crippen molar-refractivity contribution in [3.63, 3.8) is 0 Å². The Labute approximate surface area is 111 Å². The summed E-state index contributed by atoms with van der Waals surface area (Å²) in [6.45, 7) is 0.771. The summed E-state index contributed by atoms with van der Waals surface area (Å²) in [5.74, 6) is -0.00815. The average Bonchev–Trinajstić information content (AvgIpc) is 2.46. The molecule has 1 unspecified atom stereocenters. The number of hydrogen-bond acceptors (Lipinski definition) is 4. The molecule has 0 radical (unpaired) electrons. The topological polar surface area (TPSA) is 53.4 Å². The fourth-order valence-electron chi connectivity index (χ4n) is 2.33. The molecule has 1 aromatic rings. The standard InChI is InChI=1S/C13H18N2O2S/c1-18-12-11(6-4-7-14-12)13(17)15-8-3-2-5-10(15)9-16/h4,6-7,10,16H,2-3,5,8-9H2,1H3. The Balaban J connectivity index is 2.24. The molecular formula is C13H18N2O2S. The van der Waals surface area contributed by atoms with Gasteiger partial charge in [-0.1, -0.05) is 0 Å². The minimum atomic E-state index is -0.0406. The van der Waals surface area contributed by atoms with Crippen LogP contribution in [-0.4, -0.2) is 46.3 Å². The molecule has 1 fully saturated rings. The van der Waals surface area contributed by atoms with E-state index in [9.17, 15) is 9.90 Å². The second-order valence-electron chi connectivity index (χ2n) is 4.39. The monoisotopic (exact) mass is 266 g/mol. The summed E-state index contributed by atoms with van der Waals surface area (Å²) in [7, 11) is 0. The summed E-state index contributed by atoms with van der Waals surface area (Å²) in [4.78, 5) is 18.5. The number of rotatable bonds is 3. The van der Waals surface area contributed by atoms with Gasteiger partial charge in [0.2, 0.25) is 0 Å². The Morgan fingerprint density at radius 2 is 2.44 bits per heavy atom. The first-order valence-electron chi connectivity index (χ1n) is 6.18. The lowest BCUT2D eigenvalue weighted by Gasteiger charge is -2.34. The Bertz CT molecular complexity index is 425. The van der Waals surface area contributed by atoms with E-state index in [1.165, 1.54) is 11.8 Å². The van der Waals surface area contributed by atoms with Gasteiger partial charge in [0.25, 0.3) is 5.91 Å². The molecule has 0 spiro atoms. The summed E-state index contributed by atoms with van der Waals surface area (Å²) in [6, 6.07) is 3.55. The maximum Gasteiger partial charge on any atom is 0.256 e. The van der Waals surface area contributed by atoms with Gasteiger partial charge in [-0.15, -0.1) is 11.8 Å². The van der Waals surface area contributed by atoms with Crippen molar-refractivity contribution in [3.05, 3.63) is 23.9 Å². The highest BCUT2D eigenvalue weighted by atomic mass is 32.2. The SMILES string of the molecule is CSc1ncccc1C(=O)N1CCCCC1CO. The molecule has 2 rings (SSSR count). The van der Waals surface area contributed by atoms with Gasteiger partial charge in [0.1, 0.15) is 5.03 Å². The summed E-state index contributed by atoms with van der Waals surface area (Å²) in [5.41, 5.74) is 0.644. The van der Waals surface area contributed by atoms with E-state index in [-0.39, 0.29) is 18.6 Å². The van der Waals surface area contributed by atoms with Gasteiger partial charge >= 0.3 is 0 Å². The van der Waals surface area contributed by atoms with Crippen LogP contribution in [0.2, 0.25) is 0 Å². The third-order valence-electron chi connectivity index (χ3n) is 3.29. The molecule has 0 aromatic carbocycles. The molecule has 1 saturated heterocycles. The third kappa shape index (κ3) is 2.67. The zero-order valence-corrected chi connectivity index (χ0v) is 11.3. The number of carbonyl (C=O) groups is 1. The first kappa shape index (κ1) is 13.4. The lowest BCUT2D eigenvalue weighted by molar-refractivity contribution is 0.0499. The number of aliphatic hydroxyl groups excluding tert-OH is 1. The lowest BCUT2D eigenvalue weighted by atomic mass is 10.0. The molecule has 5 heteroatoms. The number of aromatic nitrogens is 1. The third-order valence-corrected chi connectivity index (χ3v) is 4.01. The van der Waals surface area contributed by atoms with Crippen molar-refractivity contribution in [2.24, 2.45) is 0 Å². The van der Waals surface area contributed by atoms with Gasteiger partial charge in [-0.25, -0.2) is 4.98 Å². The van der Waals surface area contributed by atoms with E-state index in [1.54, 1.807) is 17.2 Å². The predicted octanol–water partition coefficient (Wildman–Crippen LogP) is 1.79. The molecule has 98 valence electrons. The highest BCUT2D eigenvalue weighted by Gasteiger charge is 2.28. The molecule has 0 saturated carbocycles. The molecule has 0 aliphatic carbocycles. The molecule has 1 aliphatic rings. The van der Waals surface area contributed by atoms with Gasteiger partial charge in [-0.05, 0) is 37.7 Å². The predicted molar refractivity (Wildman–Crippen MR) is 71.8 cm³/mol. The van der Waals surface area contributed by atoms with Crippen LogP contribution in [0.25, 0.3) is 0 Å². The van der Waals surface area contributed by atoms with Crippen LogP contribution in [0.3, 0.4) is 0 Å². The van der Waals surface area contributed by atoms with Crippen LogP contribution in [0.5, 0.6) is 0 Å². The fraction of sp³-hybridized carbons (Fsp3) is 0.538. The fourth-order valence-corrected chi connectivity index (χ4v) is 2.87. The molecule has 18 heavy (non-hydrogen) atoms. The first-order chi connectivity index (χ1) is 8.77. The Kier molecular flexibility index (Phi) is 4.60. The van der Waals surface area contributed by atoms with Crippen LogP contribution in [0.15, 0.2) is 23.4 Å². The minimum absolute atomic E-state index is 0.00815. The molecule has 1 N–H and O–H groups in total. The summed E-state index contributed by atoms with van der Waals surface area (Å²) < 4.78 is 0. The molecule has 1 atom stereocenters. The molecule has 1 amide bonds. The van der Waals surface area contributed by atoms with Gasteiger partial charge in [-0.2, -0.15) is 0 Å². The van der Waals surface area contributed by atoms with Gasteiger partial charge in [-0.3, -0.25) is 4.79 Å². The van der Waals surface area contributed by atoms with Crippen molar-refractivity contribution < 1.29 is 9.90 Å². The Morgan fingerprint density at radius 1 is 1.61 bits per heavy atom.